The summed E-state index contributed by atoms with van der Waals surface area (Å²) in [7, 11) is 1.82. The smallest absolute Gasteiger partial charge is 0.185 e. The van der Waals surface area contributed by atoms with Crippen molar-refractivity contribution in [3.63, 3.8) is 0 Å². The molecule has 3 aromatic rings. The van der Waals surface area contributed by atoms with Crippen LogP contribution in [0.3, 0.4) is 0 Å². The number of phenols is 1. The van der Waals surface area contributed by atoms with E-state index in [2.05, 4.69) is 32.4 Å². The molecule has 5 rings (SSSR count). The number of rotatable bonds is 3. The average Bonchev–Trinajstić information content (AvgIpc) is 3.07. The molecular weight excluding hydrogens is 371 g/mol. The molecule has 29 heavy (non-hydrogen) atoms. The molecule has 0 aliphatic carbocycles. The van der Waals surface area contributed by atoms with Crippen LogP contribution in [0.4, 0.5) is 10.2 Å². The van der Waals surface area contributed by atoms with Crippen molar-refractivity contribution in [1.29, 1.82) is 0 Å². The van der Waals surface area contributed by atoms with Gasteiger partial charge in [0.2, 0.25) is 0 Å². The summed E-state index contributed by atoms with van der Waals surface area (Å²) in [5.74, 6) is 0.871. The van der Waals surface area contributed by atoms with Crippen LogP contribution in [0.15, 0.2) is 48.9 Å². The Morgan fingerprint density at radius 2 is 2.10 bits per heavy atom. The summed E-state index contributed by atoms with van der Waals surface area (Å²) < 4.78 is 14.9. The Bertz CT molecular complexity index is 1100. The Labute approximate surface area is 167 Å². The second-order valence-corrected chi connectivity index (χ2v) is 8.01. The number of fused-ring (bicyclic) bond motifs is 3. The number of anilines is 1. The van der Waals surface area contributed by atoms with Crippen molar-refractivity contribution in [2.24, 2.45) is 0 Å². The number of alkyl halides is 1. The van der Waals surface area contributed by atoms with Crippen molar-refractivity contribution < 1.29 is 9.50 Å². The maximum absolute atomic E-state index is 14.9. The van der Waals surface area contributed by atoms with Gasteiger partial charge in [0.1, 0.15) is 11.9 Å². The van der Waals surface area contributed by atoms with Crippen molar-refractivity contribution in [1.82, 2.24) is 25.5 Å². The van der Waals surface area contributed by atoms with Crippen molar-refractivity contribution >= 4 is 16.6 Å². The number of nitrogens with one attached hydrogen (secondary N) is 1. The van der Waals surface area contributed by atoms with E-state index in [4.69, 9.17) is 0 Å². The van der Waals surface area contributed by atoms with Crippen molar-refractivity contribution in [2.45, 2.75) is 37.1 Å². The Morgan fingerprint density at radius 3 is 2.90 bits per heavy atom. The summed E-state index contributed by atoms with van der Waals surface area (Å²) in [6.07, 6.45) is 8.48. The van der Waals surface area contributed by atoms with E-state index in [0.29, 0.717) is 23.6 Å². The van der Waals surface area contributed by atoms with Crippen LogP contribution < -0.4 is 10.2 Å². The van der Waals surface area contributed by atoms with E-state index in [9.17, 15) is 9.50 Å². The number of hydrogen-bond donors (Lipinski definition) is 2. The lowest BCUT2D eigenvalue weighted by Crippen LogP contribution is -2.60. The van der Waals surface area contributed by atoms with E-state index in [1.807, 2.05) is 25.3 Å². The summed E-state index contributed by atoms with van der Waals surface area (Å²) >= 11 is 0. The minimum atomic E-state index is -1.05. The fraction of sp³-hybridized carbons (Fsp3) is 0.333. The van der Waals surface area contributed by atoms with Gasteiger partial charge in [0.05, 0.1) is 23.8 Å². The molecule has 2 bridgehead atoms. The average molecular weight is 392 g/mol. The first-order valence-electron chi connectivity index (χ1n) is 9.54. The van der Waals surface area contributed by atoms with Crippen LogP contribution >= 0.6 is 0 Å². The SMILES string of the molecule is CN(c1cnc(-c2cc3ccncc3cc2O)nn1)[C@H]1C[C@]2(C)C=C[C@@H](N2)[C@@H]1F. The molecule has 0 spiro atoms. The van der Waals surface area contributed by atoms with Gasteiger partial charge in [-0.2, -0.15) is 0 Å². The molecule has 4 heterocycles. The zero-order chi connectivity index (χ0) is 20.2. The van der Waals surface area contributed by atoms with Crippen molar-refractivity contribution in [2.75, 3.05) is 11.9 Å². The summed E-state index contributed by atoms with van der Waals surface area (Å²) in [6.45, 7) is 2.07. The van der Waals surface area contributed by atoms with Crippen LogP contribution in [0.2, 0.25) is 0 Å². The fourth-order valence-electron chi connectivity index (χ4n) is 4.27. The zero-order valence-corrected chi connectivity index (χ0v) is 16.1. The quantitative estimate of drug-likeness (QED) is 0.663. The van der Waals surface area contributed by atoms with Gasteiger partial charge in [-0.05, 0) is 36.9 Å². The highest BCUT2D eigenvalue weighted by atomic mass is 19.1. The van der Waals surface area contributed by atoms with Gasteiger partial charge in [0.25, 0.3) is 0 Å². The van der Waals surface area contributed by atoms with E-state index >= 15 is 0 Å². The molecule has 2 aliphatic heterocycles. The first-order chi connectivity index (χ1) is 13.9. The number of benzene rings is 1. The second kappa shape index (κ2) is 6.45. The molecule has 0 unspecified atom stereocenters. The van der Waals surface area contributed by atoms with E-state index < -0.39 is 6.17 Å². The van der Waals surface area contributed by atoms with Gasteiger partial charge in [-0.25, -0.2) is 9.37 Å². The zero-order valence-electron chi connectivity index (χ0n) is 16.1. The number of hydrogen-bond acceptors (Lipinski definition) is 7. The molecule has 4 atom stereocenters. The number of halogens is 1. The van der Waals surface area contributed by atoms with Crippen molar-refractivity contribution in [3.8, 4) is 17.1 Å². The summed E-state index contributed by atoms with van der Waals surface area (Å²) in [4.78, 5) is 10.2. The van der Waals surface area contributed by atoms with E-state index in [-0.39, 0.29) is 23.4 Å². The third-order valence-corrected chi connectivity index (χ3v) is 5.92. The molecule has 2 aliphatic rings. The highest BCUT2D eigenvalue weighted by Crippen LogP contribution is 2.35. The van der Waals surface area contributed by atoms with Gasteiger partial charge in [-0.3, -0.25) is 10.3 Å². The molecule has 2 N–H and O–H groups in total. The Balaban J connectivity index is 1.43. The maximum atomic E-state index is 14.9. The van der Waals surface area contributed by atoms with E-state index in [0.717, 1.165) is 10.8 Å². The second-order valence-electron chi connectivity index (χ2n) is 8.01. The summed E-state index contributed by atoms with van der Waals surface area (Å²) in [5.41, 5.74) is 0.282. The number of aromatic hydroxyl groups is 1. The van der Waals surface area contributed by atoms with Crippen LogP contribution in [0, 0.1) is 0 Å². The lowest BCUT2D eigenvalue weighted by Gasteiger charge is -2.43. The van der Waals surface area contributed by atoms with Crippen LogP contribution in [0.1, 0.15) is 13.3 Å². The Kier molecular flexibility index (Phi) is 3.99. The van der Waals surface area contributed by atoms with Crippen LogP contribution in [-0.4, -0.2) is 56.1 Å². The molecule has 1 saturated heterocycles. The number of nitrogens with zero attached hydrogens (tertiary/aromatic N) is 5. The molecular formula is C21H21FN6O. The Hall–Kier alpha value is -3.13. The molecule has 1 aromatic carbocycles. The largest absolute Gasteiger partial charge is 0.507 e. The molecule has 148 valence electrons. The molecule has 0 amide bonds. The van der Waals surface area contributed by atoms with Crippen molar-refractivity contribution in [3.05, 3.63) is 48.9 Å². The summed E-state index contributed by atoms with van der Waals surface area (Å²) in [6, 6.07) is 4.68. The predicted octanol–water partition coefficient (Wildman–Crippen LogP) is 2.63. The highest BCUT2D eigenvalue weighted by Gasteiger charge is 2.46. The van der Waals surface area contributed by atoms with Crippen LogP contribution in [0.25, 0.3) is 22.2 Å². The predicted molar refractivity (Wildman–Crippen MR) is 108 cm³/mol. The van der Waals surface area contributed by atoms with E-state index in [1.165, 1.54) is 0 Å². The normalized spacial score (nSPS) is 28.0. The first kappa shape index (κ1) is 17.9. The lowest BCUT2D eigenvalue weighted by atomic mass is 9.87. The molecule has 7 nitrogen and oxygen atoms in total. The topological polar surface area (TPSA) is 87.1 Å². The van der Waals surface area contributed by atoms with E-state index in [1.54, 1.807) is 35.6 Å². The van der Waals surface area contributed by atoms with Gasteiger partial charge in [-0.1, -0.05) is 12.2 Å². The third kappa shape index (κ3) is 3.00. The highest BCUT2D eigenvalue weighted by molar-refractivity contribution is 5.88. The van der Waals surface area contributed by atoms with Gasteiger partial charge in [0.15, 0.2) is 11.6 Å². The fourth-order valence-corrected chi connectivity index (χ4v) is 4.27. The van der Waals surface area contributed by atoms with Crippen LogP contribution in [-0.2, 0) is 0 Å². The third-order valence-electron chi connectivity index (χ3n) is 5.92. The molecule has 0 radical (unpaired) electrons. The Morgan fingerprint density at radius 1 is 1.24 bits per heavy atom. The summed E-state index contributed by atoms with van der Waals surface area (Å²) in [5, 5.41) is 23.9. The molecule has 0 saturated carbocycles. The van der Waals surface area contributed by atoms with Gasteiger partial charge in [-0.15, -0.1) is 10.2 Å². The lowest BCUT2D eigenvalue weighted by molar-refractivity contribution is 0.155. The minimum Gasteiger partial charge on any atom is -0.507 e. The molecule has 8 heteroatoms. The van der Waals surface area contributed by atoms with Gasteiger partial charge in [0, 0.05) is 30.4 Å². The molecule has 2 aromatic heterocycles. The van der Waals surface area contributed by atoms with Crippen LogP contribution in [0.5, 0.6) is 5.75 Å². The molecule has 1 fully saturated rings. The number of aromatic nitrogens is 4. The number of pyridine rings is 1. The first-order valence-corrected chi connectivity index (χ1v) is 9.54. The minimum absolute atomic E-state index is 0.0613. The standard InChI is InChI=1S/C21H21FN6O/c1-21-5-3-15(25-21)19(22)16(9-21)28(2)18-11-24-20(27-26-18)14-7-12-4-6-23-10-13(12)8-17(14)29/h3-8,10-11,15-16,19,25,29H,9H2,1-2H3/t15-,16+,19+,21+/m1/s1. The maximum Gasteiger partial charge on any atom is 0.185 e. The van der Waals surface area contributed by atoms with Gasteiger partial charge >= 0.3 is 0 Å². The monoisotopic (exact) mass is 392 g/mol. The van der Waals surface area contributed by atoms with Gasteiger partial charge < -0.3 is 10.0 Å². The number of piperidine rings is 1. The number of phenolic OH excluding ortho intramolecular Hbond substituents is 1.